The fourth-order valence-electron chi connectivity index (χ4n) is 6.36. The molecule has 1 aromatic carbocycles. The summed E-state index contributed by atoms with van der Waals surface area (Å²) in [5, 5.41) is 9.12. The average Bonchev–Trinajstić information content (AvgIpc) is 2.73. The first kappa shape index (κ1) is 21.7. The highest BCUT2D eigenvalue weighted by Gasteiger charge is 2.54. The first-order valence-corrected chi connectivity index (χ1v) is 11.5. The molecule has 0 radical (unpaired) electrons. The summed E-state index contributed by atoms with van der Waals surface area (Å²) in [6.07, 6.45) is 7.38. The smallest absolute Gasteiger partial charge is 0.309 e. The predicted octanol–water partition coefficient (Wildman–Crippen LogP) is 4.02. The summed E-state index contributed by atoms with van der Waals surface area (Å²) < 4.78 is 10.9. The fraction of sp³-hybridized carbons (Fsp3) is 0.640. The minimum atomic E-state index is -0.439. The van der Waals surface area contributed by atoms with Crippen molar-refractivity contribution in [3.05, 3.63) is 29.8 Å². The van der Waals surface area contributed by atoms with E-state index in [-0.39, 0.29) is 31.1 Å². The second-order valence-corrected chi connectivity index (χ2v) is 9.67. The van der Waals surface area contributed by atoms with Crippen LogP contribution in [0.15, 0.2) is 24.3 Å². The first-order valence-electron chi connectivity index (χ1n) is 11.5. The van der Waals surface area contributed by atoms with Gasteiger partial charge in [0.2, 0.25) is 0 Å². The topological polar surface area (TPSA) is 79.6 Å². The maximum atomic E-state index is 13.1. The van der Waals surface area contributed by atoms with Crippen LogP contribution in [0.3, 0.4) is 0 Å². The van der Waals surface area contributed by atoms with E-state index in [9.17, 15) is 9.59 Å². The number of hydrogen-bond acceptors (Lipinski definition) is 5. The normalized spacial score (nSPS) is 28.1. The van der Waals surface area contributed by atoms with Gasteiger partial charge in [-0.25, -0.2) is 0 Å². The van der Waals surface area contributed by atoms with E-state index in [1.54, 1.807) is 0 Å². The van der Waals surface area contributed by atoms with E-state index in [0.29, 0.717) is 36.5 Å². The van der Waals surface area contributed by atoms with Crippen LogP contribution in [0.5, 0.6) is 5.75 Å². The average molecular weight is 425 g/mol. The van der Waals surface area contributed by atoms with Gasteiger partial charge < -0.3 is 14.4 Å². The SMILES string of the molecule is Cc1ccc(OCCC(=O)OCC(=O)N(CCC#N)C23CC4CC(CC(C4)C2)C3)cc1. The number of benzene rings is 1. The third-order valence-corrected chi connectivity index (χ3v) is 7.28. The maximum Gasteiger partial charge on any atom is 0.309 e. The molecule has 0 aliphatic heterocycles. The van der Waals surface area contributed by atoms with Gasteiger partial charge in [0.25, 0.3) is 5.91 Å². The summed E-state index contributed by atoms with van der Waals surface area (Å²) >= 11 is 0. The van der Waals surface area contributed by atoms with Crippen molar-refractivity contribution in [2.75, 3.05) is 19.8 Å². The van der Waals surface area contributed by atoms with Crippen LogP contribution in [0, 0.1) is 36.0 Å². The molecule has 4 bridgehead atoms. The molecule has 4 fully saturated rings. The number of rotatable bonds is 9. The van der Waals surface area contributed by atoms with Crippen LogP contribution in [0.2, 0.25) is 0 Å². The molecule has 6 nitrogen and oxygen atoms in total. The lowest BCUT2D eigenvalue weighted by Gasteiger charge is -2.60. The molecule has 31 heavy (non-hydrogen) atoms. The van der Waals surface area contributed by atoms with E-state index in [1.807, 2.05) is 36.1 Å². The molecular formula is C25H32N2O4. The van der Waals surface area contributed by atoms with E-state index in [4.69, 9.17) is 14.7 Å². The Morgan fingerprint density at radius 3 is 2.29 bits per heavy atom. The lowest BCUT2D eigenvalue weighted by atomic mass is 9.52. The van der Waals surface area contributed by atoms with Crippen LogP contribution in [0.4, 0.5) is 0 Å². The van der Waals surface area contributed by atoms with E-state index >= 15 is 0 Å². The minimum absolute atomic E-state index is 0.0940. The van der Waals surface area contributed by atoms with Crippen LogP contribution >= 0.6 is 0 Å². The number of esters is 1. The maximum absolute atomic E-state index is 13.1. The molecule has 0 heterocycles. The standard InChI is InChI=1S/C25H32N2O4/c1-18-3-5-22(6-4-18)30-10-7-24(29)31-17-23(28)27(9-2-8-26)25-14-19-11-20(15-25)13-21(12-19)16-25/h3-6,19-21H,2,7,9-17H2,1H3. The van der Waals surface area contributed by atoms with Gasteiger partial charge in [-0.05, 0) is 75.3 Å². The highest BCUT2D eigenvalue weighted by atomic mass is 16.5. The largest absolute Gasteiger partial charge is 0.493 e. The second kappa shape index (κ2) is 9.30. The Balaban J connectivity index is 1.29. The van der Waals surface area contributed by atoms with Crippen LogP contribution in [-0.2, 0) is 14.3 Å². The third-order valence-electron chi connectivity index (χ3n) is 7.28. The summed E-state index contributed by atoms with van der Waals surface area (Å²) in [5.74, 6) is 2.20. The molecule has 0 unspecified atom stereocenters. The monoisotopic (exact) mass is 424 g/mol. The fourth-order valence-corrected chi connectivity index (χ4v) is 6.36. The molecular weight excluding hydrogens is 392 g/mol. The molecule has 1 amide bonds. The van der Waals surface area contributed by atoms with Gasteiger partial charge in [-0.15, -0.1) is 0 Å². The zero-order valence-electron chi connectivity index (χ0n) is 18.3. The highest BCUT2D eigenvalue weighted by Crippen LogP contribution is 2.57. The van der Waals surface area contributed by atoms with Crippen molar-refractivity contribution < 1.29 is 19.1 Å². The van der Waals surface area contributed by atoms with Gasteiger partial charge in [-0.2, -0.15) is 5.26 Å². The van der Waals surface area contributed by atoms with Crippen molar-refractivity contribution in [1.82, 2.24) is 4.90 Å². The van der Waals surface area contributed by atoms with E-state index in [0.717, 1.165) is 24.8 Å². The molecule has 4 aliphatic carbocycles. The zero-order chi connectivity index (χ0) is 21.8. The number of carbonyl (C=O) groups excluding carboxylic acids is 2. The lowest BCUT2D eigenvalue weighted by Crippen LogP contribution is -2.62. The number of nitrogens with zero attached hydrogens (tertiary/aromatic N) is 2. The van der Waals surface area contributed by atoms with Crippen molar-refractivity contribution in [2.24, 2.45) is 17.8 Å². The Hall–Kier alpha value is -2.55. The van der Waals surface area contributed by atoms with Crippen molar-refractivity contribution in [3.8, 4) is 11.8 Å². The summed E-state index contributed by atoms with van der Waals surface area (Å²) in [5.41, 5.74) is 1.01. The summed E-state index contributed by atoms with van der Waals surface area (Å²) in [4.78, 5) is 27.2. The van der Waals surface area contributed by atoms with Crippen LogP contribution in [0.25, 0.3) is 0 Å². The molecule has 4 saturated carbocycles. The second-order valence-electron chi connectivity index (χ2n) is 9.67. The number of hydrogen-bond donors (Lipinski definition) is 0. The number of amides is 1. The quantitative estimate of drug-likeness (QED) is 0.560. The van der Waals surface area contributed by atoms with Crippen molar-refractivity contribution in [1.29, 1.82) is 5.26 Å². The van der Waals surface area contributed by atoms with Crippen molar-refractivity contribution >= 4 is 11.9 Å². The molecule has 6 heteroatoms. The number of carbonyl (C=O) groups is 2. The molecule has 4 aliphatic rings. The first-order chi connectivity index (χ1) is 15.0. The van der Waals surface area contributed by atoms with E-state index in [2.05, 4.69) is 6.07 Å². The van der Waals surface area contributed by atoms with E-state index < -0.39 is 5.97 Å². The molecule has 0 aromatic heterocycles. The molecule has 0 spiro atoms. The Labute approximate surface area is 184 Å². The summed E-state index contributed by atoms with van der Waals surface area (Å²) in [6, 6.07) is 9.81. The van der Waals surface area contributed by atoms with Crippen LogP contribution < -0.4 is 4.74 Å². The third kappa shape index (κ3) is 5.03. The Morgan fingerprint density at radius 2 is 1.71 bits per heavy atom. The molecule has 0 N–H and O–H groups in total. The Kier molecular flexibility index (Phi) is 6.50. The minimum Gasteiger partial charge on any atom is -0.493 e. The van der Waals surface area contributed by atoms with Crippen molar-refractivity contribution in [2.45, 2.75) is 63.8 Å². The van der Waals surface area contributed by atoms with Gasteiger partial charge in [-0.3, -0.25) is 9.59 Å². The van der Waals surface area contributed by atoms with Gasteiger partial charge >= 0.3 is 5.97 Å². The molecule has 0 saturated heterocycles. The number of ether oxygens (including phenoxy) is 2. The highest BCUT2D eigenvalue weighted by molar-refractivity contribution is 5.81. The summed E-state index contributed by atoms with van der Waals surface area (Å²) in [7, 11) is 0. The molecule has 0 atom stereocenters. The lowest BCUT2D eigenvalue weighted by molar-refractivity contribution is -0.162. The van der Waals surface area contributed by atoms with E-state index in [1.165, 1.54) is 19.3 Å². The molecule has 166 valence electrons. The molecule has 5 rings (SSSR count). The van der Waals surface area contributed by atoms with Gasteiger partial charge in [0, 0.05) is 12.1 Å². The van der Waals surface area contributed by atoms with Crippen molar-refractivity contribution in [3.63, 3.8) is 0 Å². The van der Waals surface area contributed by atoms with Gasteiger partial charge in [-0.1, -0.05) is 17.7 Å². The Bertz CT molecular complexity index is 807. The van der Waals surface area contributed by atoms with Crippen LogP contribution in [-0.4, -0.2) is 42.1 Å². The van der Waals surface area contributed by atoms with Gasteiger partial charge in [0.1, 0.15) is 5.75 Å². The zero-order valence-corrected chi connectivity index (χ0v) is 18.3. The van der Waals surface area contributed by atoms with Gasteiger partial charge in [0.05, 0.1) is 25.5 Å². The molecule has 1 aromatic rings. The number of aryl methyl sites for hydroxylation is 1. The summed E-state index contributed by atoms with van der Waals surface area (Å²) in [6.45, 7) is 2.39. The van der Waals surface area contributed by atoms with Gasteiger partial charge in [0.15, 0.2) is 6.61 Å². The Morgan fingerprint density at radius 1 is 1.10 bits per heavy atom. The number of nitriles is 1. The predicted molar refractivity (Wildman–Crippen MR) is 115 cm³/mol. The van der Waals surface area contributed by atoms with Crippen LogP contribution in [0.1, 0.15) is 56.9 Å².